The van der Waals surface area contributed by atoms with Gasteiger partial charge in [0.25, 0.3) is 11.6 Å². The number of amides is 2. The van der Waals surface area contributed by atoms with Gasteiger partial charge in [0.15, 0.2) is 0 Å². The molecule has 10 nitrogen and oxygen atoms in total. The fourth-order valence-corrected chi connectivity index (χ4v) is 4.12. The first-order valence-electron chi connectivity index (χ1n) is 10.8. The van der Waals surface area contributed by atoms with E-state index < -0.39 is 22.8 Å². The molecule has 0 aliphatic carbocycles. The molecule has 182 valence electrons. The zero-order valence-electron chi connectivity index (χ0n) is 19.1. The van der Waals surface area contributed by atoms with Crippen LogP contribution in [0.25, 0.3) is 10.6 Å². The highest BCUT2D eigenvalue weighted by molar-refractivity contribution is 7.18. The smallest absolute Gasteiger partial charge is 0.269 e. The van der Waals surface area contributed by atoms with Gasteiger partial charge in [0.2, 0.25) is 11.0 Å². The van der Waals surface area contributed by atoms with Gasteiger partial charge in [-0.1, -0.05) is 53.8 Å². The van der Waals surface area contributed by atoms with Gasteiger partial charge in [0.1, 0.15) is 16.8 Å². The molecule has 2 N–H and O–H groups in total. The molecule has 36 heavy (non-hydrogen) atoms. The number of nitro groups is 1. The second kappa shape index (κ2) is 11.2. The average Bonchev–Trinajstić information content (AvgIpc) is 3.37. The first kappa shape index (κ1) is 24.5. The number of methoxy groups -OCH3 is 1. The summed E-state index contributed by atoms with van der Waals surface area (Å²) in [5.74, 6) is -0.331. The third kappa shape index (κ3) is 6.07. The SMILES string of the molecule is COc1cccc(-c2nnc(NC(=O)[C@@H](Cc3ccccc3)NC(=O)c3ccc([N+](=O)[O-])cc3)s2)c1. The highest BCUT2D eigenvalue weighted by Gasteiger charge is 2.24. The first-order chi connectivity index (χ1) is 17.4. The van der Waals surface area contributed by atoms with E-state index in [0.717, 1.165) is 11.1 Å². The van der Waals surface area contributed by atoms with Gasteiger partial charge in [-0.25, -0.2) is 0 Å². The Morgan fingerprint density at radius 3 is 2.47 bits per heavy atom. The summed E-state index contributed by atoms with van der Waals surface area (Å²) >= 11 is 1.19. The van der Waals surface area contributed by atoms with Crippen LogP contribution in [0.4, 0.5) is 10.8 Å². The molecule has 0 aliphatic rings. The Hall–Kier alpha value is -4.64. The van der Waals surface area contributed by atoms with Crippen molar-refractivity contribution in [2.45, 2.75) is 12.5 Å². The zero-order valence-corrected chi connectivity index (χ0v) is 19.9. The lowest BCUT2D eigenvalue weighted by Gasteiger charge is -2.18. The Morgan fingerprint density at radius 2 is 1.78 bits per heavy atom. The lowest BCUT2D eigenvalue weighted by atomic mass is 10.0. The van der Waals surface area contributed by atoms with Crippen molar-refractivity contribution in [1.29, 1.82) is 0 Å². The fourth-order valence-electron chi connectivity index (χ4n) is 3.37. The number of hydrogen-bond acceptors (Lipinski definition) is 8. The van der Waals surface area contributed by atoms with Crippen LogP contribution < -0.4 is 15.4 Å². The van der Waals surface area contributed by atoms with Gasteiger partial charge in [-0.05, 0) is 29.8 Å². The highest BCUT2D eigenvalue weighted by Crippen LogP contribution is 2.28. The van der Waals surface area contributed by atoms with Gasteiger partial charge in [0.05, 0.1) is 12.0 Å². The van der Waals surface area contributed by atoms with Crippen molar-refractivity contribution in [2.75, 3.05) is 12.4 Å². The van der Waals surface area contributed by atoms with Gasteiger partial charge in [0, 0.05) is 29.7 Å². The summed E-state index contributed by atoms with van der Waals surface area (Å²) in [4.78, 5) is 36.4. The number of benzene rings is 3. The second-order valence-corrected chi connectivity index (χ2v) is 8.63. The highest BCUT2D eigenvalue weighted by atomic mass is 32.1. The maximum atomic E-state index is 13.2. The zero-order chi connectivity index (χ0) is 25.5. The van der Waals surface area contributed by atoms with Crippen molar-refractivity contribution in [1.82, 2.24) is 15.5 Å². The van der Waals surface area contributed by atoms with Crippen molar-refractivity contribution >= 4 is 34.0 Å². The number of nitro benzene ring substituents is 1. The van der Waals surface area contributed by atoms with Crippen molar-refractivity contribution in [2.24, 2.45) is 0 Å². The normalized spacial score (nSPS) is 11.4. The quantitative estimate of drug-likeness (QED) is 0.259. The number of nitrogens with one attached hydrogen (secondary N) is 2. The Bertz CT molecular complexity index is 1380. The molecule has 0 aliphatic heterocycles. The topological polar surface area (TPSA) is 136 Å². The van der Waals surface area contributed by atoms with Gasteiger partial charge in [-0.3, -0.25) is 25.0 Å². The largest absolute Gasteiger partial charge is 0.497 e. The Morgan fingerprint density at radius 1 is 1.03 bits per heavy atom. The molecule has 0 radical (unpaired) electrons. The molecule has 0 fully saturated rings. The summed E-state index contributed by atoms with van der Waals surface area (Å²) in [7, 11) is 1.57. The number of non-ortho nitro benzene ring substituents is 1. The first-order valence-corrected chi connectivity index (χ1v) is 11.6. The molecule has 4 aromatic rings. The summed E-state index contributed by atoms with van der Waals surface area (Å²) in [6.07, 6.45) is 0.229. The van der Waals surface area contributed by atoms with Gasteiger partial charge in [-0.2, -0.15) is 0 Å². The lowest BCUT2D eigenvalue weighted by Crippen LogP contribution is -2.45. The molecule has 1 aromatic heterocycles. The number of ether oxygens (including phenoxy) is 1. The Balaban J connectivity index is 1.51. The molecule has 4 rings (SSSR count). The molecule has 11 heteroatoms. The third-order valence-electron chi connectivity index (χ3n) is 5.22. The number of rotatable bonds is 9. The minimum absolute atomic E-state index is 0.131. The third-order valence-corrected chi connectivity index (χ3v) is 6.10. The minimum atomic E-state index is -0.931. The summed E-state index contributed by atoms with van der Waals surface area (Å²) in [5.41, 5.74) is 1.70. The summed E-state index contributed by atoms with van der Waals surface area (Å²) in [5, 5.41) is 25.4. The van der Waals surface area contributed by atoms with Crippen LogP contribution in [0.5, 0.6) is 5.75 Å². The molecule has 0 unspecified atom stereocenters. The molecule has 1 heterocycles. The predicted molar refractivity (Wildman–Crippen MR) is 135 cm³/mol. The van der Waals surface area contributed by atoms with Crippen LogP contribution in [0.3, 0.4) is 0 Å². The predicted octanol–water partition coefficient (Wildman–Crippen LogP) is 4.10. The van der Waals surface area contributed by atoms with E-state index in [4.69, 9.17) is 4.74 Å². The van der Waals surface area contributed by atoms with Crippen LogP contribution in [0, 0.1) is 10.1 Å². The number of carbonyl (C=O) groups is 2. The molecular weight excluding hydrogens is 482 g/mol. The second-order valence-electron chi connectivity index (χ2n) is 7.65. The monoisotopic (exact) mass is 503 g/mol. The molecule has 0 spiro atoms. The molecule has 1 atom stereocenters. The van der Waals surface area contributed by atoms with Crippen molar-refractivity contribution in [3.05, 3.63) is 100 Å². The molecule has 3 aromatic carbocycles. The van der Waals surface area contributed by atoms with E-state index in [1.54, 1.807) is 7.11 Å². The van der Waals surface area contributed by atoms with Crippen LogP contribution in [-0.4, -0.2) is 40.1 Å². The number of carbonyl (C=O) groups excluding carboxylic acids is 2. The minimum Gasteiger partial charge on any atom is -0.497 e. The number of nitrogens with zero attached hydrogens (tertiary/aromatic N) is 3. The maximum absolute atomic E-state index is 13.2. The van der Waals surface area contributed by atoms with Gasteiger partial charge >= 0.3 is 0 Å². The lowest BCUT2D eigenvalue weighted by molar-refractivity contribution is -0.384. The van der Waals surface area contributed by atoms with E-state index in [0.29, 0.717) is 10.8 Å². The van der Waals surface area contributed by atoms with Crippen LogP contribution in [0.1, 0.15) is 15.9 Å². The number of anilines is 1. The van der Waals surface area contributed by atoms with Crippen LogP contribution in [0.15, 0.2) is 78.9 Å². The molecule has 0 saturated heterocycles. The summed E-state index contributed by atoms with van der Waals surface area (Å²) in [6.45, 7) is 0. The average molecular weight is 504 g/mol. The Labute approximate surface area is 210 Å². The van der Waals surface area contributed by atoms with Crippen LogP contribution >= 0.6 is 11.3 Å². The van der Waals surface area contributed by atoms with E-state index in [-0.39, 0.29) is 22.8 Å². The molecule has 0 saturated carbocycles. The van der Waals surface area contributed by atoms with Crippen molar-refractivity contribution in [3.63, 3.8) is 0 Å². The summed E-state index contributed by atoms with van der Waals surface area (Å²) < 4.78 is 5.24. The van der Waals surface area contributed by atoms with E-state index in [9.17, 15) is 19.7 Å². The number of hydrogen-bond donors (Lipinski definition) is 2. The standard InChI is InChI=1S/C25H21N5O5S/c1-35-20-9-5-8-18(15-20)24-28-29-25(36-24)27-23(32)21(14-16-6-3-2-4-7-16)26-22(31)17-10-12-19(13-11-17)30(33)34/h2-13,15,21H,14H2,1H3,(H,26,31)(H,27,29,32)/t21-/m1/s1. The van der Waals surface area contributed by atoms with Crippen LogP contribution in [0.2, 0.25) is 0 Å². The fraction of sp³-hybridized carbons (Fsp3) is 0.120. The number of aromatic nitrogens is 2. The van der Waals surface area contributed by atoms with Gasteiger partial charge in [-0.15, -0.1) is 10.2 Å². The molecule has 0 bridgehead atoms. The molecule has 2 amide bonds. The van der Waals surface area contributed by atoms with E-state index >= 15 is 0 Å². The van der Waals surface area contributed by atoms with E-state index in [1.807, 2.05) is 54.6 Å². The summed E-state index contributed by atoms with van der Waals surface area (Å²) in [6, 6.07) is 20.8. The van der Waals surface area contributed by atoms with E-state index in [2.05, 4.69) is 20.8 Å². The Kier molecular flexibility index (Phi) is 7.61. The van der Waals surface area contributed by atoms with Crippen molar-refractivity contribution < 1.29 is 19.2 Å². The van der Waals surface area contributed by atoms with Crippen molar-refractivity contribution in [3.8, 4) is 16.3 Å². The van der Waals surface area contributed by atoms with Crippen LogP contribution in [-0.2, 0) is 11.2 Å². The molecular formula is C25H21N5O5S. The maximum Gasteiger partial charge on any atom is 0.269 e. The van der Waals surface area contributed by atoms with Gasteiger partial charge < -0.3 is 10.1 Å². The van der Waals surface area contributed by atoms with E-state index in [1.165, 1.54) is 35.6 Å².